The van der Waals surface area contributed by atoms with Crippen LogP contribution in [0.4, 0.5) is 0 Å². The van der Waals surface area contributed by atoms with E-state index in [2.05, 4.69) is 17.6 Å². The molecule has 0 aliphatic heterocycles. The highest BCUT2D eigenvalue weighted by atomic mass is 32.1. The molecule has 14 heavy (non-hydrogen) atoms. The van der Waals surface area contributed by atoms with Crippen molar-refractivity contribution in [1.82, 2.24) is 9.55 Å². The molecule has 0 saturated carbocycles. The van der Waals surface area contributed by atoms with Crippen molar-refractivity contribution in [3.63, 3.8) is 0 Å². The van der Waals surface area contributed by atoms with E-state index >= 15 is 0 Å². The molecule has 72 valence electrons. The molecule has 2 nitrogen and oxygen atoms in total. The Morgan fingerprint density at radius 3 is 2.43 bits per heavy atom. The molecular formula is C10H10N2S2. The number of aromatic amines is 1. The van der Waals surface area contributed by atoms with Crippen LogP contribution in [0.1, 0.15) is 0 Å². The van der Waals surface area contributed by atoms with Crippen LogP contribution in [0.5, 0.6) is 0 Å². The van der Waals surface area contributed by atoms with Crippen LogP contribution in [0.15, 0.2) is 35.4 Å². The maximum atomic E-state index is 5.09. The average Bonchev–Trinajstić information content (AvgIpc) is 2.50. The number of hydrogen-bond acceptors (Lipinski definition) is 2. The van der Waals surface area contributed by atoms with Gasteiger partial charge in [0.1, 0.15) is 0 Å². The zero-order chi connectivity index (χ0) is 10.1. The molecule has 0 fully saturated rings. The van der Waals surface area contributed by atoms with E-state index in [1.807, 2.05) is 42.1 Å². The van der Waals surface area contributed by atoms with E-state index in [4.69, 9.17) is 12.2 Å². The molecule has 1 aromatic heterocycles. The molecule has 4 heteroatoms. The van der Waals surface area contributed by atoms with Crippen LogP contribution in [-0.2, 0) is 7.05 Å². The lowest BCUT2D eigenvalue weighted by atomic mass is 10.2. The quantitative estimate of drug-likeness (QED) is 0.561. The summed E-state index contributed by atoms with van der Waals surface area (Å²) in [6.07, 6.45) is 1.91. The maximum absolute atomic E-state index is 5.09. The van der Waals surface area contributed by atoms with Crippen molar-refractivity contribution >= 4 is 24.8 Å². The van der Waals surface area contributed by atoms with Crippen molar-refractivity contribution in [2.45, 2.75) is 4.90 Å². The van der Waals surface area contributed by atoms with Crippen molar-refractivity contribution in [2.75, 3.05) is 0 Å². The average molecular weight is 222 g/mol. The van der Waals surface area contributed by atoms with Crippen LogP contribution >= 0.6 is 24.8 Å². The van der Waals surface area contributed by atoms with E-state index in [1.165, 1.54) is 0 Å². The molecule has 2 rings (SSSR count). The minimum atomic E-state index is 0.731. The Balaban J connectivity index is 2.55. The molecule has 0 bridgehead atoms. The summed E-state index contributed by atoms with van der Waals surface area (Å²) in [5.41, 5.74) is 2.22. The Morgan fingerprint density at radius 1 is 1.29 bits per heavy atom. The second kappa shape index (κ2) is 3.63. The van der Waals surface area contributed by atoms with Gasteiger partial charge < -0.3 is 9.55 Å². The Bertz CT molecular complexity index is 494. The summed E-state index contributed by atoms with van der Waals surface area (Å²) < 4.78 is 2.68. The summed E-state index contributed by atoms with van der Waals surface area (Å²) in [5, 5.41) is 0. The fraction of sp³-hybridized carbons (Fsp3) is 0.100. The molecule has 1 aromatic carbocycles. The monoisotopic (exact) mass is 222 g/mol. The third-order valence-electron chi connectivity index (χ3n) is 2.16. The Labute approximate surface area is 93.0 Å². The van der Waals surface area contributed by atoms with Gasteiger partial charge in [-0.2, -0.15) is 0 Å². The summed E-state index contributed by atoms with van der Waals surface area (Å²) in [6.45, 7) is 0. The van der Waals surface area contributed by atoms with E-state index < -0.39 is 0 Å². The number of thiol groups is 1. The first-order chi connectivity index (χ1) is 6.68. The topological polar surface area (TPSA) is 20.7 Å². The number of benzene rings is 1. The zero-order valence-corrected chi connectivity index (χ0v) is 9.40. The molecule has 0 atom stereocenters. The molecule has 0 aliphatic rings. The van der Waals surface area contributed by atoms with Gasteiger partial charge in [-0.1, -0.05) is 12.1 Å². The van der Waals surface area contributed by atoms with E-state index in [0.717, 1.165) is 20.9 Å². The van der Waals surface area contributed by atoms with Gasteiger partial charge in [0.15, 0.2) is 4.77 Å². The predicted octanol–water partition coefficient (Wildman–Crippen LogP) is 3.04. The largest absolute Gasteiger partial charge is 0.337 e. The number of nitrogens with zero attached hydrogens (tertiary/aromatic N) is 1. The summed E-state index contributed by atoms with van der Waals surface area (Å²) in [5.74, 6) is 0. The first-order valence-corrected chi connectivity index (χ1v) is 5.08. The standard InChI is InChI=1S/C10H10N2S2/c1-12-9(6-11-10(12)14)7-2-4-8(13)5-3-7/h2-6,13H,1H3,(H,11,14). The van der Waals surface area contributed by atoms with E-state index in [1.54, 1.807) is 0 Å². The van der Waals surface area contributed by atoms with Crippen LogP contribution in [0.25, 0.3) is 11.3 Å². The molecule has 2 aromatic rings. The van der Waals surface area contributed by atoms with Gasteiger partial charge in [-0.3, -0.25) is 0 Å². The summed E-state index contributed by atoms with van der Waals surface area (Å²) >= 11 is 9.33. The number of rotatable bonds is 1. The molecule has 0 amide bonds. The maximum Gasteiger partial charge on any atom is 0.177 e. The Morgan fingerprint density at radius 2 is 1.93 bits per heavy atom. The minimum Gasteiger partial charge on any atom is -0.337 e. The summed E-state index contributed by atoms with van der Waals surface area (Å²) in [4.78, 5) is 3.97. The van der Waals surface area contributed by atoms with Crippen molar-refractivity contribution in [1.29, 1.82) is 0 Å². The van der Waals surface area contributed by atoms with E-state index in [0.29, 0.717) is 0 Å². The van der Waals surface area contributed by atoms with Gasteiger partial charge in [0.2, 0.25) is 0 Å². The summed E-state index contributed by atoms with van der Waals surface area (Å²) in [6, 6.07) is 7.99. The number of imidazole rings is 1. The van der Waals surface area contributed by atoms with Gasteiger partial charge in [0.25, 0.3) is 0 Å². The van der Waals surface area contributed by atoms with Gasteiger partial charge in [-0.05, 0) is 29.9 Å². The fourth-order valence-electron chi connectivity index (χ4n) is 1.34. The fourth-order valence-corrected chi connectivity index (χ4v) is 1.65. The van der Waals surface area contributed by atoms with Gasteiger partial charge in [0, 0.05) is 18.1 Å². The molecule has 0 aliphatic carbocycles. The third-order valence-corrected chi connectivity index (χ3v) is 2.85. The van der Waals surface area contributed by atoms with Gasteiger partial charge >= 0.3 is 0 Å². The van der Waals surface area contributed by atoms with Crippen LogP contribution in [-0.4, -0.2) is 9.55 Å². The second-order valence-electron chi connectivity index (χ2n) is 3.08. The number of hydrogen-bond donors (Lipinski definition) is 2. The number of aromatic nitrogens is 2. The van der Waals surface area contributed by atoms with Crippen LogP contribution in [0, 0.1) is 4.77 Å². The molecule has 0 saturated heterocycles. The molecule has 0 spiro atoms. The highest BCUT2D eigenvalue weighted by molar-refractivity contribution is 7.80. The minimum absolute atomic E-state index is 0.731. The summed E-state index contributed by atoms with van der Waals surface area (Å²) in [7, 11) is 1.95. The lowest BCUT2D eigenvalue weighted by Gasteiger charge is -2.01. The molecular weight excluding hydrogens is 212 g/mol. The van der Waals surface area contributed by atoms with E-state index in [9.17, 15) is 0 Å². The lowest BCUT2D eigenvalue weighted by Crippen LogP contribution is -1.90. The van der Waals surface area contributed by atoms with Gasteiger partial charge in [-0.25, -0.2) is 0 Å². The highest BCUT2D eigenvalue weighted by Crippen LogP contribution is 2.20. The Hall–Kier alpha value is -1.00. The second-order valence-corrected chi connectivity index (χ2v) is 3.99. The first kappa shape index (κ1) is 9.55. The normalized spacial score (nSPS) is 10.4. The molecule has 0 radical (unpaired) electrons. The SMILES string of the molecule is Cn1c(-c2ccc(S)cc2)c[nH]c1=S. The van der Waals surface area contributed by atoms with E-state index in [-0.39, 0.29) is 0 Å². The highest BCUT2D eigenvalue weighted by Gasteiger charge is 2.01. The molecule has 1 N–H and O–H groups in total. The van der Waals surface area contributed by atoms with Crippen LogP contribution in [0.2, 0.25) is 0 Å². The molecule has 0 unspecified atom stereocenters. The molecule has 1 heterocycles. The predicted molar refractivity (Wildman–Crippen MR) is 63.3 cm³/mol. The van der Waals surface area contributed by atoms with Gasteiger partial charge in [-0.15, -0.1) is 12.6 Å². The number of H-pyrrole nitrogens is 1. The Kier molecular flexibility index (Phi) is 2.48. The van der Waals surface area contributed by atoms with Crippen LogP contribution in [0.3, 0.4) is 0 Å². The van der Waals surface area contributed by atoms with Crippen molar-refractivity contribution in [2.24, 2.45) is 7.05 Å². The third kappa shape index (κ3) is 1.63. The van der Waals surface area contributed by atoms with Crippen molar-refractivity contribution in [3.05, 3.63) is 35.2 Å². The lowest BCUT2D eigenvalue weighted by molar-refractivity contribution is 0.902. The first-order valence-electron chi connectivity index (χ1n) is 4.22. The van der Waals surface area contributed by atoms with Crippen molar-refractivity contribution in [3.8, 4) is 11.3 Å². The smallest absolute Gasteiger partial charge is 0.177 e. The van der Waals surface area contributed by atoms with Crippen molar-refractivity contribution < 1.29 is 0 Å². The van der Waals surface area contributed by atoms with Crippen LogP contribution < -0.4 is 0 Å². The number of nitrogens with one attached hydrogen (secondary N) is 1. The van der Waals surface area contributed by atoms with Gasteiger partial charge in [0.05, 0.1) is 5.69 Å². The zero-order valence-electron chi connectivity index (χ0n) is 7.69.